The summed E-state index contributed by atoms with van der Waals surface area (Å²) >= 11 is 1.20. The quantitative estimate of drug-likeness (QED) is 0.591. The van der Waals surface area contributed by atoms with Crippen molar-refractivity contribution >= 4 is 32.7 Å². The van der Waals surface area contributed by atoms with Gasteiger partial charge in [-0.05, 0) is 40.5 Å². The van der Waals surface area contributed by atoms with Crippen molar-refractivity contribution in [2.24, 2.45) is 0 Å². The maximum absolute atomic E-state index is 10.8. The highest BCUT2D eigenvalue weighted by molar-refractivity contribution is 9.10. The summed E-state index contributed by atoms with van der Waals surface area (Å²) in [5.74, 6) is 0. The fourth-order valence-electron chi connectivity index (χ4n) is 0.979. The Labute approximate surface area is 81.4 Å². The van der Waals surface area contributed by atoms with E-state index >= 15 is 0 Å². The van der Waals surface area contributed by atoms with E-state index in [1.54, 1.807) is 19.1 Å². The van der Waals surface area contributed by atoms with Gasteiger partial charge in [-0.2, -0.15) is 0 Å². The van der Waals surface area contributed by atoms with Crippen LogP contribution >= 0.6 is 15.9 Å². The molecule has 0 aliphatic rings. The third kappa shape index (κ3) is 1.85. The van der Waals surface area contributed by atoms with Crippen molar-refractivity contribution < 1.29 is 8.76 Å². The Morgan fingerprint density at radius 1 is 1.58 bits per heavy atom. The van der Waals surface area contributed by atoms with Crippen LogP contribution in [0.1, 0.15) is 5.56 Å². The van der Waals surface area contributed by atoms with E-state index < -0.39 is 11.1 Å². The summed E-state index contributed by atoms with van der Waals surface area (Å²) in [6.07, 6.45) is 0. The Bertz CT molecular complexity index is 317. The average Bonchev–Trinajstić information content (AvgIpc) is 1.82. The van der Waals surface area contributed by atoms with Gasteiger partial charge in [-0.3, -0.25) is 0 Å². The van der Waals surface area contributed by atoms with E-state index in [1.807, 2.05) is 0 Å². The lowest BCUT2D eigenvalue weighted by Gasteiger charge is -2.04. The SMILES string of the molecule is Cc1cc(N)cc(Br)c1S(=O)O. The molecule has 0 radical (unpaired) electrons. The molecule has 0 heterocycles. The summed E-state index contributed by atoms with van der Waals surface area (Å²) in [5.41, 5.74) is 6.81. The Morgan fingerprint density at radius 2 is 2.17 bits per heavy atom. The molecular formula is C7H8BrNO2S. The van der Waals surface area contributed by atoms with Gasteiger partial charge in [-0.15, -0.1) is 0 Å². The van der Waals surface area contributed by atoms with Gasteiger partial charge >= 0.3 is 0 Å². The first-order chi connectivity index (χ1) is 5.52. The first-order valence-corrected chi connectivity index (χ1v) is 5.09. The second-order valence-corrected chi connectivity index (χ2v) is 4.16. The molecule has 0 aromatic heterocycles. The van der Waals surface area contributed by atoms with Crippen LogP contribution in [-0.4, -0.2) is 8.76 Å². The summed E-state index contributed by atoms with van der Waals surface area (Å²) in [6, 6.07) is 3.27. The molecule has 0 aliphatic heterocycles. The number of rotatable bonds is 1. The number of halogens is 1. The highest BCUT2D eigenvalue weighted by Crippen LogP contribution is 2.26. The lowest BCUT2D eigenvalue weighted by molar-refractivity contribution is 0.563. The summed E-state index contributed by atoms with van der Waals surface area (Å²) in [5, 5.41) is 0. The van der Waals surface area contributed by atoms with Crippen LogP contribution in [0.25, 0.3) is 0 Å². The van der Waals surface area contributed by atoms with Crippen molar-refractivity contribution in [1.29, 1.82) is 0 Å². The molecule has 1 atom stereocenters. The van der Waals surface area contributed by atoms with Crippen LogP contribution in [0, 0.1) is 6.92 Å². The van der Waals surface area contributed by atoms with Crippen LogP contribution in [0.5, 0.6) is 0 Å². The largest absolute Gasteiger partial charge is 0.399 e. The number of anilines is 1. The molecule has 1 aromatic carbocycles. The molecule has 12 heavy (non-hydrogen) atoms. The molecule has 1 aromatic rings. The molecule has 1 rings (SSSR count). The van der Waals surface area contributed by atoms with Crippen molar-refractivity contribution in [2.75, 3.05) is 5.73 Å². The van der Waals surface area contributed by atoms with E-state index in [4.69, 9.17) is 10.3 Å². The molecule has 0 bridgehead atoms. The van der Waals surface area contributed by atoms with Gasteiger partial charge in [0.2, 0.25) is 0 Å². The second kappa shape index (κ2) is 3.55. The third-order valence-corrected chi connectivity index (χ3v) is 3.21. The fourth-order valence-corrected chi connectivity index (χ4v) is 2.53. The van der Waals surface area contributed by atoms with Crippen LogP contribution in [0.3, 0.4) is 0 Å². The molecule has 66 valence electrons. The van der Waals surface area contributed by atoms with Gasteiger partial charge in [0.1, 0.15) is 0 Å². The molecular weight excluding hydrogens is 242 g/mol. The summed E-state index contributed by atoms with van der Waals surface area (Å²) < 4.78 is 20.2. The van der Waals surface area contributed by atoms with Gasteiger partial charge in [0.25, 0.3) is 0 Å². The average molecular weight is 250 g/mol. The number of nitrogen functional groups attached to an aromatic ring is 1. The second-order valence-electron chi connectivity index (χ2n) is 2.40. The van der Waals surface area contributed by atoms with Crippen LogP contribution in [-0.2, 0) is 11.1 Å². The minimum atomic E-state index is -1.96. The van der Waals surface area contributed by atoms with Crippen molar-refractivity contribution in [2.45, 2.75) is 11.8 Å². The highest BCUT2D eigenvalue weighted by atomic mass is 79.9. The normalized spacial score (nSPS) is 12.9. The van der Waals surface area contributed by atoms with Crippen molar-refractivity contribution in [3.63, 3.8) is 0 Å². The molecule has 3 nitrogen and oxygen atoms in total. The van der Waals surface area contributed by atoms with Gasteiger partial charge in [0, 0.05) is 10.2 Å². The maximum atomic E-state index is 10.8. The van der Waals surface area contributed by atoms with Crippen molar-refractivity contribution in [1.82, 2.24) is 0 Å². The number of nitrogens with two attached hydrogens (primary N) is 1. The summed E-state index contributed by atoms with van der Waals surface area (Å²) in [6.45, 7) is 1.74. The van der Waals surface area contributed by atoms with E-state index in [0.717, 1.165) is 0 Å². The van der Waals surface area contributed by atoms with Gasteiger partial charge in [-0.25, -0.2) is 4.21 Å². The highest BCUT2D eigenvalue weighted by Gasteiger charge is 2.09. The topological polar surface area (TPSA) is 63.3 Å². The Hall–Kier alpha value is -0.390. The van der Waals surface area contributed by atoms with Crippen molar-refractivity contribution in [3.8, 4) is 0 Å². The fraction of sp³-hybridized carbons (Fsp3) is 0.143. The lowest BCUT2D eigenvalue weighted by Crippen LogP contribution is -1.96. The van der Waals surface area contributed by atoms with Crippen LogP contribution < -0.4 is 5.73 Å². The summed E-state index contributed by atoms with van der Waals surface area (Å²) in [4.78, 5) is 0.379. The van der Waals surface area contributed by atoms with Crippen molar-refractivity contribution in [3.05, 3.63) is 22.2 Å². The van der Waals surface area contributed by atoms with E-state index in [2.05, 4.69) is 15.9 Å². The predicted octanol–water partition coefficient (Wildman–Crippen LogP) is 1.92. The predicted molar refractivity (Wildman–Crippen MR) is 52.3 cm³/mol. The monoisotopic (exact) mass is 249 g/mol. The first kappa shape index (κ1) is 9.70. The molecule has 0 saturated heterocycles. The number of hydrogen-bond acceptors (Lipinski definition) is 2. The Morgan fingerprint density at radius 3 is 2.58 bits per heavy atom. The van der Waals surface area contributed by atoms with Gasteiger partial charge in [-0.1, -0.05) is 0 Å². The lowest BCUT2D eigenvalue weighted by atomic mass is 10.2. The standard InChI is InChI=1S/C7H8BrNO2S/c1-4-2-5(9)3-6(8)7(4)12(10)11/h2-3H,9H2,1H3,(H,10,11). The van der Waals surface area contributed by atoms with E-state index in [-0.39, 0.29) is 0 Å². The molecule has 5 heteroatoms. The van der Waals surface area contributed by atoms with Gasteiger partial charge < -0.3 is 10.3 Å². The van der Waals surface area contributed by atoms with Gasteiger partial charge in [0.15, 0.2) is 11.1 Å². The molecule has 1 unspecified atom stereocenters. The third-order valence-electron chi connectivity index (χ3n) is 1.43. The minimum Gasteiger partial charge on any atom is -0.399 e. The zero-order valence-electron chi connectivity index (χ0n) is 6.37. The van der Waals surface area contributed by atoms with E-state index in [9.17, 15) is 4.21 Å². The molecule has 3 N–H and O–H groups in total. The zero-order valence-corrected chi connectivity index (χ0v) is 8.78. The molecule has 0 amide bonds. The summed E-state index contributed by atoms with van der Waals surface area (Å²) in [7, 11) is 0. The first-order valence-electron chi connectivity index (χ1n) is 3.19. The van der Waals surface area contributed by atoms with E-state index in [1.165, 1.54) is 0 Å². The number of hydrogen-bond donors (Lipinski definition) is 2. The number of benzene rings is 1. The maximum Gasteiger partial charge on any atom is 0.187 e. The molecule has 0 aliphatic carbocycles. The zero-order chi connectivity index (χ0) is 9.30. The van der Waals surface area contributed by atoms with Crippen LogP contribution in [0.15, 0.2) is 21.5 Å². The van der Waals surface area contributed by atoms with Crippen LogP contribution in [0.2, 0.25) is 0 Å². The Balaban J connectivity index is 3.38. The molecule has 0 fully saturated rings. The number of aryl methyl sites for hydroxylation is 1. The van der Waals surface area contributed by atoms with Crippen LogP contribution in [0.4, 0.5) is 5.69 Å². The van der Waals surface area contributed by atoms with Gasteiger partial charge in [0.05, 0.1) is 4.90 Å². The van der Waals surface area contributed by atoms with E-state index in [0.29, 0.717) is 20.6 Å². The Kier molecular flexibility index (Phi) is 2.87. The smallest absolute Gasteiger partial charge is 0.187 e. The molecule has 0 spiro atoms. The minimum absolute atomic E-state index is 0.379. The molecule has 0 saturated carbocycles.